The van der Waals surface area contributed by atoms with Crippen molar-refractivity contribution in [2.24, 2.45) is 23.5 Å². The standard InChI is InChI=1S/C16H26N2/c1-2-4-13-6-7-15(11-17)16(9-13)10-14-5-3-8-18-12-14/h3,5,8,12-13,15-16H,2,4,6-7,9-11,17H2,1H3. The highest BCUT2D eigenvalue weighted by atomic mass is 14.6. The summed E-state index contributed by atoms with van der Waals surface area (Å²) in [6.07, 6.45) is 11.8. The monoisotopic (exact) mass is 246 g/mol. The Morgan fingerprint density at radius 1 is 1.33 bits per heavy atom. The largest absolute Gasteiger partial charge is 0.330 e. The number of pyridine rings is 1. The molecule has 2 heteroatoms. The van der Waals surface area contributed by atoms with E-state index in [0.29, 0.717) is 0 Å². The van der Waals surface area contributed by atoms with Crippen LogP contribution in [0.5, 0.6) is 0 Å². The van der Waals surface area contributed by atoms with Crippen LogP contribution in [0.1, 0.15) is 44.6 Å². The molecule has 1 aliphatic carbocycles. The van der Waals surface area contributed by atoms with Crippen LogP contribution in [0.2, 0.25) is 0 Å². The molecule has 1 aliphatic rings. The number of rotatable bonds is 5. The van der Waals surface area contributed by atoms with Crippen LogP contribution in [0.15, 0.2) is 24.5 Å². The van der Waals surface area contributed by atoms with E-state index in [9.17, 15) is 0 Å². The molecule has 2 N–H and O–H groups in total. The minimum absolute atomic E-state index is 0.721. The molecule has 0 aliphatic heterocycles. The van der Waals surface area contributed by atoms with Gasteiger partial charge in [0.2, 0.25) is 0 Å². The second-order valence-electron chi connectivity index (χ2n) is 5.79. The first kappa shape index (κ1) is 13.5. The van der Waals surface area contributed by atoms with Crippen molar-refractivity contribution >= 4 is 0 Å². The third-order valence-corrected chi connectivity index (χ3v) is 4.47. The molecule has 1 fully saturated rings. The van der Waals surface area contributed by atoms with Gasteiger partial charge in [-0.25, -0.2) is 0 Å². The number of nitrogens with zero attached hydrogens (tertiary/aromatic N) is 1. The van der Waals surface area contributed by atoms with Gasteiger partial charge >= 0.3 is 0 Å². The van der Waals surface area contributed by atoms with Crippen molar-refractivity contribution in [1.29, 1.82) is 0 Å². The third-order valence-electron chi connectivity index (χ3n) is 4.47. The van der Waals surface area contributed by atoms with Crippen molar-refractivity contribution in [3.63, 3.8) is 0 Å². The van der Waals surface area contributed by atoms with Gasteiger partial charge in [0.25, 0.3) is 0 Å². The normalized spacial score (nSPS) is 28.2. The maximum atomic E-state index is 5.95. The molecule has 1 aromatic rings. The molecule has 0 saturated heterocycles. The second kappa shape index (κ2) is 6.89. The summed E-state index contributed by atoms with van der Waals surface area (Å²) in [6.45, 7) is 3.15. The molecule has 18 heavy (non-hydrogen) atoms. The van der Waals surface area contributed by atoms with Crippen molar-refractivity contribution in [2.75, 3.05) is 6.54 Å². The zero-order valence-corrected chi connectivity index (χ0v) is 11.5. The van der Waals surface area contributed by atoms with Crippen LogP contribution in [0.3, 0.4) is 0 Å². The van der Waals surface area contributed by atoms with Gasteiger partial charge in [0, 0.05) is 12.4 Å². The minimum atomic E-state index is 0.721. The average Bonchev–Trinajstić information content (AvgIpc) is 2.41. The molecule has 100 valence electrons. The molecule has 0 bridgehead atoms. The maximum Gasteiger partial charge on any atom is 0.0299 e. The molecule has 2 rings (SSSR count). The minimum Gasteiger partial charge on any atom is -0.330 e. The van der Waals surface area contributed by atoms with Crippen LogP contribution < -0.4 is 5.73 Å². The van der Waals surface area contributed by atoms with Crippen LogP contribution in [-0.2, 0) is 6.42 Å². The SMILES string of the molecule is CCCC1CCC(CN)C(Cc2cccnc2)C1. The Kier molecular flexibility index (Phi) is 5.18. The van der Waals surface area contributed by atoms with Crippen molar-refractivity contribution < 1.29 is 0 Å². The van der Waals surface area contributed by atoms with Gasteiger partial charge in [-0.05, 0) is 55.2 Å². The molecule has 1 saturated carbocycles. The summed E-state index contributed by atoms with van der Waals surface area (Å²) in [5.41, 5.74) is 7.32. The Balaban J connectivity index is 1.98. The summed E-state index contributed by atoms with van der Waals surface area (Å²) >= 11 is 0. The molecule has 3 atom stereocenters. The number of hydrogen-bond donors (Lipinski definition) is 1. The van der Waals surface area contributed by atoms with Crippen molar-refractivity contribution in [3.8, 4) is 0 Å². The molecule has 3 unspecified atom stereocenters. The summed E-state index contributed by atoms with van der Waals surface area (Å²) in [4.78, 5) is 4.23. The second-order valence-corrected chi connectivity index (χ2v) is 5.79. The molecule has 0 radical (unpaired) electrons. The van der Waals surface area contributed by atoms with E-state index in [0.717, 1.165) is 30.7 Å². The van der Waals surface area contributed by atoms with Gasteiger partial charge < -0.3 is 5.73 Å². The van der Waals surface area contributed by atoms with Crippen LogP contribution >= 0.6 is 0 Å². The summed E-state index contributed by atoms with van der Waals surface area (Å²) in [7, 11) is 0. The van der Waals surface area contributed by atoms with E-state index >= 15 is 0 Å². The molecule has 0 aromatic carbocycles. The average molecular weight is 246 g/mol. The number of aromatic nitrogens is 1. The van der Waals surface area contributed by atoms with Crippen LogP contribution in [0, 0.1) is 17.8 Å². The van der Waals surface area contributed by atoms with Gasteiger partial charge in [-0.15, -0.1) is 0 Å². The van der Waals surface area contributed by atoms with E-state index in [2.05, 4.69) is 18.0 Å². The molecule has 0 spiro atoms. The Bertz CT molecular complexity index is 336. The lowest BCUT2D eigenvalue weighted by Gasteiger charge is -2.35. The van der Waals surface area contributed by atoms with Gasteiger partial charge in [0.1, 0.15) is 0 Å². The van der Waals surface area contributed by atoms with Crippen molar-refractivity contribution in [3.05, 3.63) is 30.1 Å². The summed E-state index contributed by atoms with van der Waals surface area (Å²) in [6, 6.07) is 4.24. The quantitative estimate of drug-likeness (QED) is 0.864. The smallest absolute Gasteiger partial charge is 0.0299 e. The lowest BCUT2D eigenvalue weighted by molar-refractivity contribution is 0.175. The third kappa shape index (κ3) is 3.55. The highest BCUT2D eigenvalue weighted by Crippen LogP contribution is 2.37. The van der Waals surface area contributed by atoms with E-state index in [-0.39, 0.29) is 0 Å². The van der Waals surface area contributed by atoms with Gasteiger partial charge in [0.05, 0.1) is 0 Å². The lowest BCUT2D eigenvalue weighted by atomic mass is 9.71. The van der Waals surface area contributed by atoms with Gasteiger partial charge in [-0.3, -0.25) is 4.98 Å². The van der Waals surface area contributed by atoms with Crippen molar-refractivity contribution in [2.45, 2.75) is 45.4 Å². The molecule has 0 amide bonds. The molecular formula is C16H26N2. The van der Waals surface area contributed by atoms with E-state index < -0.39 is 0 Å². The first-order valence-corrected chi connectivity index (χ1v) is 7.42. The van der Waals surface area contributed by atoms with Crippen LogP contribution in [-0.4, -0.2) is 11.5 Å². The molecule has 1 aromatic heterocycles. The fourth-order valence-electron chi connectivity index (χ4n) is 3.48. The first-order chi connectivity index (χ1) is 8.83. The highest BCUT2D eigenvalue weighted by molar-refractivity contribution is 5.10. The Labute approximate surface area is 111 Å². The molecule has 1 heterocycles. The van der Waals surface area contributed by atoms with Gasteiger partial charge in [0.15, 0.2) is 0 Å². The van der Waals surface area contributed by atoms with Crippen molar-refractivity contribution in [1.82, 2.24) is 4.98 Å². The van der Waals surface area contributed by atoms with E-state index in [4.69, 9.17) is 5.73 Å². The van der Waals surface area contributed by atoms with Crippen LogP contribution in [0.4, 0.5) is 0 Å². The predicted octanol–water partition coefficient (Wildman–Crippen LogP) is 3.42. The maximum absolute atomic E-state index is 5.95. The van der Waals surface area contributed by atoms with E-state index in [1.807, 2.05) is 18.5 Å². The summed E-state index contributed by atoms with van der Waals surface area (Å²) in [5, 5.41) is 0. The number of nitrogens with two attached hydrogens (primary N) is 1. The number of hydrogen-bond acceptors (Lipinski definition) is 2. The fraction of sp³-hybridized carbons (Fsp3) is 0.688. The lowest BCUT2D eigenvalue weighted by Crippen LogP contribution is -2.31. The zero-order chi connectivity index (χ0) is 12.8. The zero-order valence-electron chi connectivity index (χ0n) is 11.5. The predicted molar refractivity (Wildman–Crippen MR) is 76.2 cm³/mol. The van der Waals surface area contributed by atoms with Crippen LogP contribution in [0.25, 0.3) is 0 Å². The Morgan fingerprint density at radius 2 is 2.22 bits per heavy atom. The molecular weight excluding hydrogens is 220 g/mol. The van der Waals surface area contributed by atoms with E-state index in [1.54, 1.807) is 0 Å². The topological polar surface area (TPSA) is 38.9 Å². The Morgan fingerprint density at radius 3 is 2.89 bits per heavy atom. The van der Waals surface area contributed by atoms with Gasteiger partial charge in [-0.2, -0.15) is 0 Å². The first-order valence-electron chi connectivity index (χ1n) is 7.42. The molecule has 2 nitrogen and oxygen atoms in total. The van der Waals surface area contributed by atoms with Gasteiger partial charge in [-0.1, -0.05) is 32.3 Å². The fourth-order valence-corrected chi connectivity index (χ4v) is 3.48. The van der Waals surface area contributed by atoms with E-state index in [1.165, 1.54) is 37.7 Å². The Hall–Kier alpha value is -0.890. The summed E-state index contributed by atoms with van der Waals surface area (Å²) in [5.74, 6) is 2.42. The summed E-state index contributed by atoms with van der Waals surface area (Å²) < 4.78 is 0. The highest BCUT2D eigenvalue weighted by Gasteiger charge is 2.29.